The molecule has 0 amide bonds. The summed E-state index contributed by atoms with van der Waals surface area (Å²) in [5, 5.41) is 8.75. The van der Waals surface area contributed by atoms with Crippen LogP contribution in [0.5, 0.6) is 0 Å². The van der Waals surface area contributed by atoms with Crippen molar-refractivity contribution < 1.29 is 9.13 Å². The number of nitrogens with two attached hydrogens (primary N) is 1. The number of hydrogen-bond acceptors (Lipinski definition) is 3. The van der Waals surface area contributed by atoms with Gasteiger partial charge in [0.2, 0.25) is 0 Å². The Hall–Kier alpha value is -1.44. The molecule has 0 saturated heterocycles. The molecule has 0 radical (unpaired) electrons. The molecule has 0 aromatic heterocycles. The third-order valence-electron chi connectivity index (χ3n) is 3.41. The molecule has 96 valence electrons. The molecule has 1 aliphatic rings. The molecule has 1 aromatic rings. The Morgan fingerprint density at radius 1 is 1.39 bits per heavy atom. The van der Waals surface area contributed by atoms with Gasteiger partial charge in [0.25, 0.3) is 0 Å². The number of hydrogen-bond donors (Lipinski definition) is 1. The molecule has 1 saturated carbocycles. The SMILES string of the molecule is N#Cc1cccc(COC2CCCCC2N)c1F. The first-order valence-corrected chi connectivity index (χ1v) is 6.27. The minimum atomic E-state index is -0.482. The van der Waals surface area contributed by atoms with E-state index >= 15 is 0 Å². The van der Waals surface area contributed by atoms with Gasteiger partial charge in [-0.1, -0.05) is 25.0 Å². The molecule has 1 aliphatic carbocycles. The molecule has 1 aromatic carbocycles. The average molecular weight is 248 g/mol. The molecule has 3 nitrogen and oxygen atoms in total. The predicted molar refractivity (Wildman–Crippen MR) is 66.1 cm³/mol. The van der Waals surface area contributed by atoms with E-state index in [2.05, 4.69) is 0 Å². The van der Waals surface area contributed by atoms with Gasteiger partial charge in [-0.05, 0) is 18.9 Å². The van der Waals surface area contributed by atoms with Gasteiger partial charge in [-0.2, -0.15) is 5.26 Å². The van der Waals surface area contributed by atoms with E-state index in [4.69, 9.17) is 15.7 Å². The monoisotopic (exact) mass is 248 g/mol. The minimum absolute atomic E-state index is 0.00360. The second-order valence-electron chi connectivity index (χ2n) is 4.69. The van der Waals surface area contributed by atoms with Crippen molar-refractivity contribution in [2.75, 3.05) is 0 Å². The highest BCUT2D eigenvalue weighted by atomic mass is 19.1. The zero-order valence-corrected chi connectivity index (χ0v) is 10.2. The van der Waals surface area contributed by atoms with Crippen LogP contribution >= 0.6 is 0 Å². The number of rotatable bonds is 3. The second kappa shape index (κ2) is 5.94. The number of halogens is 1. The zero-order valence-electron chi connectivity index (χ0n) is 10.2. The molecular formula is C14H17FN2O. The molecule has 4 heteroatoms. The van der Waals surface area contributed by atoms with Gasteiger partial charge in [-0.3, -0.25) is 0 Å². The second-order valence-corrected chi connectivity index (χ2v) is 4.69. The fourth-order valence-electron chi connectivity index (χ4n) is 2.31. The van der Waals surface area contributed by atoms with Crippen molar-refractivity contribution in [3.63, 3.8) is 0 Å². The predicted octanol–water partition coefficient (Wildman–Crippen LogP) is 2.48. The third kappa shape index (κ3) is 2.87. The third-order valence-corrected chi connectivity index (χ3v) is 3.41. The van der Waals surface area contributed by atoms with Gasteiger partial charge < -0.3 is 10.5 Å². The normalized spacial score (nSPS) is 23.6. The van der Waals surface area contributed by atoms with E-state index in [0.717, 1.165) is 25.7 Å². The molecule has 0 spiro atoms. The van der Waals surface area contributed by atoms with Crippen molar-refractivity contribution in [2.24, 2.45) is 5.73 Å². The molecule has 0 bridgehead atoms. The topological polar surface area (TPSA) is 59.0 Å². The molecule has 0 aliphatic heterocycles. The quantitative estimate of drug-likeness (QED) is 0.894. The van der Waals surface area contributed by atoms with Crippen LogP contribution in [0.3, 0.4) is 0 Å². The van der Waals surface area contributed by atoms with E-state index in [1.165, 1.54) is 6.07 Å². The Morgan fingerprint density at radius 2 is 2.17 bits per heavy atom. The van der Waals surface area contributed by atoms with E-state index in [1.54, 1.807) is 12.1 Å². The van der Waals surface area contributed by atoms with E-state index in [-0.39, 0.29) is 24.3 Å². The Bertz CT molecular complexity index is 456. The maximum atomic E-state index is 13.8. The van der Waals surface area contributed by atoms with Crippen LogP contribution < -0.4 is 5.73 Å². The number of ether oxygens (including phenoxy) is 1. The molecular weight excluding hydrogens is 231 g/mol. The molecule has 2 atom stereocenters. The zero-order chi connectivity index (χ0) is 13.0. The van der Waals surface area contributed by atoms with Crippen molar-refractivity contribution in [3.05, 3.63) is 35.1 Å². The smallest absolute Gasteiger partial charge is 0.146 e. The Kier molecular flexibility index (Phi) is 4.29. The summed E-state index contributed by atoms with van der Waals surface area (Å²) >= 11 is 0. The van der Waals surface area contributed by atoms with Crippen molar-refractivity contribution in [1.82, 2.24) is 0 Å². The van der Waals surface area contributed by atoms with Gasteiger partial charge in [0, 0.05) is 11.6 Å². The van der Waals surface area contributed by atoms with Crippen LogP contribution in [0, 0.1) is 17.1 Å². The Labute approximate surface area is 106 Å². The number of nitrogens with zero attached hydrogens (tertiary/aromatic N) is 1. The van der Waals surface area contributed by atoms with Crippen LogP contribution in [-0.4, -0.2) is 12.1 Å². The van der Waals surface area contributed by atoms with Gasteiger partial charge in [0.05, 0.1) is 18.3 Å². The van der Waals surface area contributed by atoms with Gasteiger partial charge in [0.1, 0.15) is 11.9 Å². The minimum Gasteiger partial charge on any atom is -0.372 e. The lowest BCUT2D eigenvalue weighted by Crippen LogP contribution is -2.39. The van der Waals surface area contributed by atoms with Gasteiger partial charge >= 0.3 is 0 Å². The summed E-state index contributed by atoms with van der Waals surface area (Å²) in [7, 11) is 0. The van der Waals surface area contributed by atoms with Gasteiger partial charge in [-0.25, -0.2) is 4.39 Å². The van der Waals surface area contributed by atoms with E-state index in [0.29, 0.717) is 5.56 Å². The first-order valence-electron chi connectivity index (χ1n) is 6.27. The van der Waals surface area contributed by atoms with E-state index < -0.39 is 5.82 Å². The lowest BCUT2D eigenvalue weighted by molar-refractivity contribution is 0.00287. The fourth-order valence-corrected chi connectivity index (χ4v) is 2.31. The van der Waals surface area contributed by atoms with Crippen LogP contribution in [0.25, 0.3) is 0 Å². The summed E-state index contributed by atoms with van der Waals surface area (Å²) < 4.78 is 19.5. The summed E-state index contributed by atoms with van der Waals surface area (Å²) in [4.78, 5) is 0. The summed E-state index contributed by atoms with van der Waals surface area (Å²) in [6.07, 6.45) is 4.15. The fraction of sp³-hybridized carbons (Fsp3) is 0.500. The van der Waals surface area contributed by atoms with Gasteiger partial charge in [0.15, 0.2) is 0 Å². The van der Waals surface area contributed by atoms with Crippen LogP contribution in [0.15, 0.2) is 18.2 Å². The summed E-state index contributed by atoms with van der Waals surface area (Å²) in [5.41, 5.74) is 6.45. The molecule has 1 fully saturated rings. The van der Waals surface area contributed by atoms with Crippen molar-refractivity contribution in [2.45, 2.75) is 44.4 Å². The van der Waals surface area contributed by atoms with Crippen molar-refractivity contribution >= 4 is 0 Å². The van der Waals surface area contributed by atoms with E-state index in [9.17, 15) is 4.39 Å². The number of nitriles is 1. The van der Waals surface area contributed by atoms with Crippen molar-refractivity contribution in [1.29, 1.82) is 5.26 Å². The maximum absolute atomic E-state index is 13.8. The Morgan fingerprint density at radius 3 is 2.89 bits per heavy atom. The van der Waals surface area contributed by atoms with Crippen LogP contribution in [-0.2, 0) is 11.3 Å². The Balaban J connectivity index is 2.00. The summed E-state index contributed by atoms with van der Waals surface area (Å²) in [5.74, 6) is -0.482. The lowest BCUT2D eigenvalue weighted by Gasteiger charge is -2.28. The lowest BCUT2D eigenvalue weighted by atomic mass is 9.93. The van der Waals surface area contributed by atoms with Crippen LogP contribution in [0.1, 0.15) is 36.8 Å². The first kappa shape index (κ1) is 13.0. The number of benzene rings is 1. The largest absolute Gasteiger partial charge is 0.372 e. The maximum Gasteiger partial charge on any atom is 0.146 e. The molecule has 18 heavy (non-hydrogen) atoms. The van der Waals surface area contributed by atoms with E-state index in [1.807, 2.05) is 6.07 Å². The van der Waals surface area contributed by atoms with Crippen molar-refractivity contribution in [3.8, 4) is 6.07 Å². The standard InChI is InChI=1S/C14H17FN2O/c15-14-10(8-16)4-3-5-11(14)9-18-13-7-2-1-6-12(13)17/h3-5,12-13H,1-2,6-7,9,17H2. The first-order chi connectivity index (χ1) is 8.72. The highest BCUT2D eigenvalue weighted by Gasteiger charge is 2.22. The van der Waals surface area contributed by atoms with Crippen LogP contribution in [0.2, 0.25) is 0 Å². The van der Waals surface area contributed by atoms with Gasteiger partial charge in [-0.15, -0.1) is 0 Å². The molecule has 2 rings (SSSR count). The highest BCUT2D eigenvalue weighted by Crippen LogP contribution is 2.22. The molecule has 2 unspecified atom stereocenters. The average Bonchev–Trinajstić information content (AvgIpc) is 2.39. The summed E-state index contributed by atoms with van der Waals surface area (Å²) in [6, 6.07) is 6.64. The molecule has 0 heterocycles. The van der Waals surface area contributed by atoms with Crippen LogP contribution in [0.4, 0.5) is 4.39 Å². The molecule has 2 N–H and O–H groups in total. The summed E-state index contributed by atoms with van der Waals surface area (Å²) in [6.45, 7) is 0.180. The highest BCUT2D eigenvalue weighted by molar-refractivity contribution is 5.34.